The van der Waals surface area contributed by atoms with Gasteiger partial charge in [-0.2, -0.15) is 0 Å². The van der Waals surface area contributed by atoms with Crippen LogP contribution in [-0.2, 0) is 23.7 Å². The van der Waals surface area contributed by atoms with E-state index in [9.17, 15) is 45.6 Å². The molecular weight excluding hydrogens is 1250 g/mol. The summed E-state index contributed by atoms with van der Waals surface area (Å²) in [4.78, 5) is 13.4. The Morgan fingerprint density at radius 2 is 0.690 bits per heavy atom. The predicted molar refractivity (Wildman–Crippen MR) is 415 cm³/mol. The number of carbonyl (C=O) groups excluding carboxylic acids is 1. The highest BCUT2D eigenvalue weighted by molar-refractivity contribution is 5.76. The lowest BCUT2D eigenvalue weighted by Crippen LogP contribution is -2.65. The van der Waals surface area contributed by atoms with Crippen molar-refractivity contribution in [3.8, 4) is 0 Å². The van der Waals surface area contributed by atoms with Gasteiger partial charge in [0.25, 0.3) is 0 Å². The molecule has 2 aliphatic rings. The quantitative estimate of drug-likeness (QED) is 0.0204. The number of hydrogen-bond acceptors (Lipinski definition) is 13. The van der Waals surface area contributed by atoms with Crippen molar-refractivity contribution in [2.75, 3.05) is 19.8 Å². The Morgan fingerprint density at radius 1 is 0.370 bits per heavy atom. The van der Waals surface area contributed by atoms with E-state index < -0.39 is 86.8 Å². The van der Waals surface area contributed by atoms with Gasteiger partial charge >= 0.3 is 0 Å². The number of nitrogens with one attached hydrogen (secondary N) is 1. The molecule has 100 heavy (non-hydrogen) atoms. The molecule has 0 radical (unpaired) electrons. The summed E-state index contributed by atoms with van der Waals surface area (Å²) in [5, 5.41) is 88.0. The summed E-state index contributed by atoms with van der Waals surface area (Å²) < 4.78 is 23.0. The largest absolute Gasteiger partial charge is 0.394 e. The number of hydrogen-bond donors (Lipinski definition) is 9. The number of unbranched alkanes of at least 4 members (excludes halogenated alkanes) is 49. The van der Waals surface area contributed by atoms with E-state index in [1.807, 2.05) is 0 Å². The van der Waals surface area contributed by atoms with E-state index in [-0.39, 0.29) is 12.5 Å². The Kier molecular flexibility index (Phi) is 65.4. The second-order valence-corrected chi connectivity index (χ2v) is 29.9. The van der Waals surface area contributed by atoms with Gasteiger partial charge in [-0.3, -0.25) is 4.79 Å². The molecule has 2 saturated heterocycles. The van der Waals surface area contributed by atoms with Crippen LogP contribution in [0.25, 0.3) is 0 Å². The van der Waals surface area contributed by atoms with Crippen molar-refractivity contribution in [1.29, 1.82) is 0 Å². The van der Waals surface area contributed by atoms with Crippen molar-refractivity contribution in [1.82, 2.24) is 5.32 Å². The summed E-state index contributed by atoms with van der Waals surface area (Å²) in [7, 11) is 0. The third-order valence-electron chi connectivity index (χ3n) is 20.7. The van der Waals surface area contributed by atoms with Crippen LogP contribution in [0, 0.1) is 0 Å². The van der Waals surface area contributed by atoms with E-state index in [0.29, 0.717) is 12.8 Å². The average molecular weight is 1420 g/mol. The minimum absolute atomic E-state index is 0.201. The van der Waals surface area contributed by atoms with Gasteiger partial charge in [0.15, 0.2) is 12.6 Å². The monoisotopic (exact) mass is 1410 g/mol. The first-order valence-corrected chi connectivity index (χ1v) is 42.5. The highest BCUT2D eigenvalue weighted by Gasteiger charge is 2.51. The molecule has 9 N–H and O–H groups in total. The molecule has 2 aliphatic heterocycles. The van der Waals surface area contributed by atoms with E-state index >= 15 is 0 Å². The third-order valence-corrected chi connectivity index (χ3v) is 20.7. The van der Waals surface area contributed by atoms with Crippen molar-refractivity contribution in [3.63, 3.8) is 0 Å². The molecule has 2 fully saturated rings. The number of aliphatic hydroxyl groups is 8. The minimum Gasteiger partial charge on any atom is -0.394 e. The Morgan fingerprint density at radius 3 is 1.06 bits per heavy atom. The van der Waals surface area contributed by atoms with Crippen LogP contribution in [0.2, 0.25) is 0 Å². The number of carbonyl (C=O) groups is 1. The number of allylic oxidation sites excluding steroid dienone is 10. The Labute approximate surface area is 613 Å². The summed E-state index contributed by atoms with van der Waals surface area (Å²) in [6, 6.07) is -0.832. The molecule has 2 rings (SSSR count). The lowest BCUT2D eigenvalue weighted by molar-refractivity contribution is -0.359. The van der Waals surface area contributed by atoms with E-state index in [1.54, 1.807) is 0 Å². The molecule has 586 valence electrons. The fourth-order valence-corrected chi connectivity index (χ4v) is 14.1. The van der Waals surface area contributed by atoms with Crippen LogP contribution in [0.1, 0.15) is 386 Å². The van der Waals surface area contributed by atoms with Crippen LogP contribution >= 0.6 is 0 Å². The number of ether oxygens (including phenoxy) is 4. The van der Waals surface area contributed by atoms with E-state index in [2.05, 4.69) is 79.9 Å². The summed E-state index contributed by atoms with van der Waals surface area (Å²) in [5.74, 6) is -0.201. The molecule has 2 heterocycles. The maximum Gasteiger partial charge on any atom is 0.220 e. The number of aliphatic hydroxyl groups excluding tert-OH is 8. The van der Waals surface area contributed by atoms with Gasteiger partial charge in [0.05, 0.1) is 32.0 Å². The number of rotatable bonds is 72. The van der Waals surface area contributed by atoms with Gasteiger partial charge in [-0.25, -0.2) is 0 Å². The third kappa shape index (κ3) is 51.8. The Hall–Kier alpha value is -2.31. The van der Waals surface area contributed by atoms with Crippen LogP contribution in [0.3, 0.4) is 0 Å². The second kappa shape index (κ2) is 69.7. The summed E-state index contributed by atoms with van der Waals surface area (Å²) in [6.07, 6.45) is 78.5. The van der Waals surface area contributed by atoms with Gasteiger partial charge in [-0.05, 0) is 57.8 Å². The fourth-order valence-electron chi connectivity index (χ4n) is 14.1. The molecule has 0 aliphatic carbocycles. The zero-order valence-electron chi connectivity index (χ0n) is 64.5. The molecule has 14 nitrogen and oxygen atoms in total. The summed E-state index contributed by atoms with van der Waals surface area (Å²) in [5.41, 5.74) is 0. The van der Waals surface area contributed by atoms with E-state index in [0.717, 1.165) is 83.5 Å². The second-order valence-electron chi connectivity index (χ2n) is 29.9. The lowest BCUT2D eigenvalue weighted by Gasteiger charge is -2.46. The lowest BCUT2D eigenvalue weighted by atomic mass is 9.97. The zero-order chi connectivity index (χ0) is 72.2. The fraction of sp³-hybridized carbons (Fsp3) is 0.872. The molecule has 0 aromatic heterocycles. The predicted octanol–water partition coefficient (Wildman–Crippen LogP) is 19.9. The highest BCUT2D eigenvalue weighted by Crippen LogP contribution is 2.31. The number of amides is 1. The van der Waals surface area contributed by atoms with Crippen molar-refractivity contribution in [3.05, 3.63) is 60.8 Å². The van der Waals surface area contributed by atoms with Gasteiger partial charge in [-0.15, -0.1) is 0 Å². The molecule has 0 saturated carbocycles. The van der Waals surface area contributed by atoms with Gasteiger partial charge in [0.2, 0.25) is 5.91 Å². The minimum atomic E-state index is -1.78. The first-order chi connectivity index (χ1) is 49.1. The Balaban J connectivity index is 1.58. The molecule has 12 unspecified atom stereocenters. The molecule has 0 spiro atoms. The van der Waals surface area contributed by atoms with Crippen LogP contribution in [0.15, 0.2) is 60.8 Å². The standard InChI is InChI=1S/C86H159NO13/c1-3-5-7-9-11-13-15-17-19-21-23-25-27-29-31-33-35-37-39-41-43-45-47-49-51-53-55-57-59-61-63-65-67-69-75(90)74(73-97-85-83(96)81(94)84(77(72-89)99-85)100-86-82(95)80(93)79(92)76(71-88)98-86)87-78(91)70-68-66-64-62-60-58-56-54-52-50-48-46-44-42-40-38-36-34-32-30-28-26-24-22-20-18-16-14-12-10-8-6-4-2/h6,8,12,14,18,20,24,26,30,32,74-77,79-86,88-90,92-96H,3-5,7,9-11,13,15-17,19,21-23,25,27-29,31,33-73H2,1-2H3,(H,87,91)/b8-6-,14-12-,20-18-,26-24-,32-30-. The molecule has 14 heteroatoms. The van der Waals surface area contributed by atoms with Gasteiger partial charge in [0, 0.05) is 6.42 Å². The SMILES string of the molecule is CC/C=C\C/C=C\C/C=C\C/C=C\C/C=C\CCCCCCCCCCCCCCCCCCCC(=O)NC(COC1OC(CO)C(OC2OC(CO)C(O)C(O)C2O)C(O)C1O)C(O)CCCCCCCCCCCCCCCCCCCCCCCCCCCCCCCCCCC. The van der Waals surface area contributed by atoms with Crippen LogP contribution in [0.4, 0.5) is 0 Å². The van der Waals surface area contributed by atoms with E-state index in [1.165, 1.54) is 276 Å². The summed E-state index contributed by atoms with van der Waals surface area (Å²) >= 11 is 0. The van der Waals surface area contributed by atoms with Crippen molar-refractivity contribution < 1.29 is 64.6 Å². The van der Waals surface area contributed by atoms with Crippen molar-refractivity contribution >= 4 is 5.91 Å². The maximum atomic E-state index is 13.4. The van der Waals surface area contributed by atoms with Crippen LogP contribution < -0.4 is 5.32 Å². The molecular formula is C86H159NO13. The topological polar surface area (TPSA) is 228 Å². The van der Waals surface area contributed by atoms with Crippen LogP contribution in [-0.4, -0.2) is 140 Å². The van der Waals surface area contributed by atoms with Crippen molar-refractivity contribution in [2.45, 2.75) is 460 Å². The first kappa shape index (κ1) is 93.8. The maximum absolute atomic E-state index is 13.4. The average Bonchev–Trinajstić information content (AvgIpc) is 0.791. The first-order valence-electron chi connectivity index (χ1n) is 42.5. The molecule has 1 amide bonds. The molecule has 0 bridgehead atoms. The smallest absolute Gasteiger partial charge is 0.220 e. The normalized spacial score (nSPS) is 22.1. The molecule has 0 aromatic rings. The van der Waals surface area contributed by atoms with Crippen LogP contribution in [0.5, 0.6) is 0 Å². The van der Waals surface area contributed by atoms with Gasteiger partial charge in [0.1, 0.15) is 48.8 Å². The summed E-state index contributed by atoms with van der Waals surface area (Å²) in [6.45, 7) is 2.81. The van der Waals surface area contributed by atoms with E-state index in [4.69, 9.17) is 18.9 Å². The zero-order valence-corrected chi connectivity index (χ0v) is 64.5. The molecule has 0 aromatic carbocycles. The van der Waals surface area contributed by atoms with Crippen molar-refractivity contribution in [2.24, 2.45) is 0 Å². The Bertz CT molecular complexity index is 1910. The van der Waals surface area contributed by atoms with Gasteiger partial charge < -0.3 is 65.1 Å². The van der Waals surface area contributed by atoms with Gasteiger partial charge in [-0.1, -0.05) is 383 Å². The molecule has 12 atom stereocenters. The highest BCUT2D eigenvalue weighted by atomic mass is 16.7.